The summed E-state index contributed by atoms with van der Waals surface area (Å²) >= 11 is 0.944. The van der Waals surface area contributed by atoms with E-state index in [1.165, 1.54) is 0 Å². The summed E-state index contributed by atoms with van der Waals surface area (Å²) in [5.41, 5.74) is -0.972. The van der Waals surface area contributed by atoms with Crippen LogP contribution in [0.15, 0.2) is 4.99 Å². The molecule has 0 amide bonds. The molecule has 0 spiro atoms. The highest BCUT2D eigenvalue weighted by molar-refractivity contribution is 8.14. The van der Waals surface area contributed by atoms with Gasteiger partial charge in [-0.05, 0) is 6.92 Å². The van der Waals surface area contributed by atoms with Crippen molar-refractivity contribution in [2.45, 2.75) is 49.1 Å². The summed E-state index contributed by atoms with van der Waals surface area (Å²) in [6.45, 7) is 2.17. The van der Waals surface area contributed by atoms with Gasteiger partial charge in [-0.25, -0.2) is 4.39 Å². The van der Waals surface area contributed by atoms with E-state index in [0.29, 0.717) is 11.7 Å². The SMILES string of the molecule is CCN=C1NC2C(OC(C(O)C(F)(F)F)C(O)C2F)S1. The molecule has 20 heavy (non-hydrogen) atoms. The standard InChI is InChI=1S/C10H14F4N2O3S/c1-2-15-9-16-4-3(11)5(17)6(19-8(4)20-9)7(18)10(12,13)14/h3-8,17-18H,2H2,1H3,(H,15,16). The zero-order chi connectivity index (χ0) is 15.1. The Labute approximate surface area is 116 Å². The Morgan fingerprint density at radius 1 is 1.50 bits per heavy atom. The van der Waals surface area contributed by atoms with Crippen molar-refractivity contribution in [1.29, 1.82) is 0 Å². The second kappa shape index (κ2) is 5.66. The van der Waals surface area contributed by atoms with Gasteiger partial charge in [0, 0.05) is 6.54 Å². The lowest BCUT2D eigenvalue weighted by atomic mass is 9.95. The molecule has 6 unspecified atom stereocenters. The molecule has 2 rings (SSSR count). The van der Waals surface area contributed by atoms with Crippen molar-refractivity contribution in [2.24, 2.45) is 4.99 Å². The Hall–Kier alpha value is -0.580. The zero-order valence-corrected chi connectivity index (χ0v) is 11.2. The molecule has 0 aromatic heterocycles. The fourth-order valence-corrected chi connectivity index (χ4v) is 3.25. The molecule has 2 fully saturated rings. The lowest BCUT2D eigenvalue weighted by molar-refractivity contribution is -0.267. The van der Waals surface area contributed by atoms with Gasteiger partial charge in [0.1, 0.15) is 17.6 Å². The van der Waals surface area contributed by atoms with Gasteiger partial charge in [-0.15, -0.1) is 0 Å². The first-order valence-electron chi connectivity index (χ1n) is 5.95. The maximum Gasteiger partial charge on any atom is 0.417 e. The number of nitrogens with one attached hydrogen (secondary N) is 1. The van der Waals surface area contributed by atoms with Crippen molar-refractivity contribution < 1.29 is 32.5 Å². The topological polar surface area (TPSA) is 74.1 Å². The Balaban J connectivity index is 2.15. The average molecular weight is 318 g/mol. The molecular formula is C10H14F4N2O3S. The van der Waals surface area contributed by atoms with Gasteiger partial charge in [-0.2, -0.15) is 13.2 Å². The van der Waals surface area contributed by atoms with Gasteiger partial charge in [0.25, 0.3) is 0 Å². The van der Waals surface area contributed by atoms with Crippen LogP contribution >= 0.6 is 11.8 Å². The highest BCUT2D eigenvalue weighted by Gasteiger charge is 2.56. The minimum Gasteiger partial charge on any atom is -0.387 e. The van der Waals surface area contributed by atoms with Crippen molar-refractivity contribution >= 4 is 16.9 Å². The van der Waals surface area contributed by atoms with Gasteiger partial charge in [0.15, 0.2) is 17.4 Å². The maximum absolute atomic E-state index is 14.0. The number of rotatable bonds is 2. The number of aliphatic hydroxyl groups excluding tert-OH is 2. The average Bonchev–Trinajstić information content (AvgIpc) is 2.75. The van der Waals surface area contributed by atoms with Gasteiger partial charge in [-0.1, -0.05) is 11.8 Å². The van der Waals surface area contributed by atoms with Crippen LogP contribution in [0.2, 0.25) is 0 Å². The third kappa shape index (κ3) is 2.87. The first kappa shape index (κ1) is 15.8. The quantitative estimate of drug-likeness (QED) is 0.643. The Bertz CT molecular complexity index is 395. The van der Waals surface area contributed by atoms with Crippen molar-refractivity contribution in [3.63, 3.8) is 0 Å². The molecule has 2 heterocycles. The summed E-state index contributed by atoms with van der Waals surface area (Å²) in [6.07, 6.45) is -14.0. The lowest BCUT2D eigenvalue weighted by Gasteiger charge is -2.39. The molecule has 6 atom stereocenters. The van der Waals surface area contributed by atoms with E-state index >= 15 is 0 Å². The predicted octanol–water partition coefficient (Wildman–Crippen LogP) is 0.414. The third-order valence-corrected chi connectivity index (χ3v) is 4.16. The van der Waals surface area contributed by atoms with Crippen LogP contribution in [0.5, 0.6) is 0 Å². The Morgan fingerprint density at radius 2 is 2.15 bits per heavy atom. The Kier molecular flexibility index (Phi) is 4.47. The lowest BCUT2D eigenvalue weighted by Crippen LogP contribution is -2.62. The molecule has 0 aromatic rings. The van der Waals surface area contributed by atoms with E-state index in [2.05, 4.69) is 10.3 Å². The van der Waals surface area contributed by atoms with Gasteiger partial charge in [0.05, 0.1) is 6.04 Å². The minimum absolute atomic E-state index is 0.347. The largest absolute Gasteiger partial charge is 0.417 e. The van der Waals surface area contributed by atoms with Gasteiger partial charge < -0.3 is 20.3 Å². The molecule has 3 N–H and O–H groups in total. The number of aliphatic hydroxyl groups is 2. The second-order valence-corrected chi connectivity index (χ2v) is 5.55. The number of aliphatic imine (C=N–C) groups is 1. The molecule has 0 radical (unpaired) electrons. The molecule has 2 saturated heterocycles. The summed E-state index contributed by atoms with van der Waals surface area (Å²) in [6, 6.07) is -0.989. The van der Waals surface area contributed by atoms with Crippen LogP contribution in [0.25, 0.3) is 0 Å². The van der Waals surface area contributed by atoms with Gasteiger partial charge in [0.2, 0.25) is 0 Å². The predicted molar refractivity (Wildman–Crippen MR) is 64.1 cm³/mol. The number of hydrogen-bond donors (Lipinski definition) is 3. The number of amidine groups is 1. The van der Waals surface area contributed by atoms with E-state index in [9.17, 15) is 22.7 Å². The van der Waals surface area contributed by atoms with Crippen LogP contribution in [-0.4, -0.2) is 64.1 Å². The Morgan fingerprint density at radius 3 is 2.70 bits per heavy atom. The summed E-state index contributed by atoms with van der Waals surface area (Å²) in [4.78, 5) is 3.98. The first-order valence-corrected chi connectivity index (χ1v) is 6.83. The molecule has 0 bridgehead atoms. The van der Waals surface area contributed by atoms with Crippen LogP contribution in [0.3, 0.4) is 0 Å². The van der Waals surface area contributed by atoms with Crippen LogP contribution < -0.4 is 5.32 Å². The highest BCUT2D eigenvalue weighted by Crippen LogP contribution is 2.38. The molecule has 116 valence electrons. The van der Waals surface area contributed by atoms with Crippen molar-refractivity contribution in [3.8, 4) is 0 Å². The number of alkyl halides is 4. The fraction of sp³-hybridized carbons (Fsp3) is 0.900. The third-order valence-electron chi connectivity index (χ3n) is 3.06. The molecule has 5 nitrogen and oxygen atoms in total. The highest BCUT2D eigenvalue weighted by atomic mass is 32.2. The van der Waals surface area contributed by atoms with Crippen LogP contribution in [0.4, 0.5) is 17.6 Å². The van der Waals surface area contributed by atoms with Crippen molar-refractivity contribution in [1.82, 2.24) is 5.32 Å². The number of halogens is 4. The number of ether oxygens (including phenoxy) is 1. The summed E-state index contributed by atoms with van der Waals surface area (Å²) < 4.78 is 56.4. The van der Waals surface area contributed by atoms with E-state index in [0.717, 1.165) is 11.8 Å². The number of hydrogen-bond acceptors (Lipinski definition) is 5. The molecule has 10 heteroatoms. The van der Waals surface area contributed by atoms with E-state index < -0.39 is 42.1 Å². The summed E-state index contributed by atoms with van der Waals surface area (Å²) in [7, 11) is 0. The number of thioether (sulfide) groups is 1. The number of nitrogens with zero attached hydrogens (tertiary/aromatic N) is 1. The first-order chi connectivity index (χ1) is 9.25. The monoisotopic (exact) mass is 318 g/mol. The number of fused-ring (bicyclic) bond motifs is 1. The second-order valence-electron chi connectivity index (χ2n) is 4.46. The van der Waals surface area contributed by atoms with Crippen LogP contribution in [0, 0.1) is 0 Å². The zero-order valence-electron chi connectivity index (χ0n) is 10.3. The summed E-state index contributed by atoms with van der Waals surface area (Å²) in [5.74, 6) is 0. The van der Waals surface area contributed by atoms with E-state index in [4.69, 9.17) is 9.84 Å². The normalized spacial score (nSPS) is 41.4. The van der Waals surface area contributed by atoms with Crippen LogP contribution in [0.1, 0.15) is 6.92 Å². The van der Waals surface area contributed by atoms with E-state index in [-0.39, 0.29) is 0 Å². The molecule has 0 aliphatic carbocycles. The molecule has 0 aromatic carbocycles. The maximum atomic E-state index is 14.0. The molecule has 2 aliphatic heterocycles. The fourth-order valence-electron chi connectivity index (χ4n) is 2.07. The smallest absolute Gasteiger partial charge is 0.387 e. The van der Waals surface area contributed by atoms with Crippen molar-refractivity contribution in [3.05, 3.63) is 0 Å². The molecule has 0 saturated carbocycles. The van der Waals surface area contributed by atoms with E-state index in [1.807, 2.05) is 0 Å². The van der Waals surface area contributed by atoms with E-state index in [1.54, 1.807) is 6.92 Å². The van der Waals surface area contributed by atoms with Gasteiger partial charge >= 0.3 is 6.18 Å². The minimum atomic E-state index is -4.99. The van der Waals surface area contributed by atoms with Gasteiger partial charge in [-0.3, -0.25) is 4.99 Å². The summed E-state index contributed by atoms with van der Waals surface area (Å²) in [5, 5.41) is 21.7. The van der Waals surface area contributed by atoms with Crippen LogP contribution in [-0.2, 0) is 4.74 Å². The molecular weight excluding hydrogens is 304 g/mol. The molecule has 2 aliphatic rings. The van der Waals surface area contributed by atoms with Crippen molar-refractivity contribution in [2.75, 3.05) is 6.54 Å².